The molecule has 2 N–H and O–H groups in total. The van der Waals surface area contributed by atoms with Crippen LogP contribution in [0.5, 0.6) is 0 Å². The van der Waals surface area contributed by atoms with Crippen molar-refractivity contribution in [2.24, 2.45) is 5.92 Å². The van der Waals surface area contributed by atoms with Crippen LogP contribution in [0.4, 0.5) is 5.82 Å². The van der Waals surface area contributed by atoms with Crippen molar-refractivity contribution in [3.8, 4) is 11.3 Å². The zero-order chi connectivity index (χ0) is 12.3. The third-order valence-corrected chi connectivity index (χ3v) is 2.66. The molecule has 0 radical (unpaired) electrons. The Bertz CT molecular complexity index is 477. The van der Waals surface area contributed by atoms with Gasteiger partial charge in [-0.1, -0.05) is 25.1 Å². The van der Waals surface area contributed by atoms with Crippen molar-refractivity contribution >= 4 is 5.82 Å². The number of pyridine rings is 1. The Balaban J connectivity index is 2.30. The number of hydrogen-bond donors (Lipinski definition) is 1. The van der Waals surface area contributed by atoms with Crippen LogP contribution >= 0.6 is 0 Å². The minimum absolute atomic E-state index is 0.419. The van der Waals surface area contributed by atoms with Crippen molar-refractivity contribution in [2.45, 2.75) is 26.7 Å². The standard InChI is InChI=1S/C13H17N3O/c1-9(2)6-7-11-12(13(14)16-17-11)10-5-3-4-8-15-10/h3-5,8-9H,6-7H2,1-2H3,(H2,14,16). The van der Waals surface area contributed by atoms with Gasteiger partial charge in [-0.15, -0.1) is 0 Å². The van der Waals surface area contributed by atoms with Crippen LogP contribution in [0.3, 0.4) is 0 Å². The van der Waals surface area contributed by atoms with E-state index < -0.39 is 0 Å². The number of nitrogens with two attached hydrogens (primary N) is 1. The molecule has 90 valence electrons. The van der Waals surface area contributed by atoms with Crippen LogP contribution < -0.4 is 5.73 Å². The zero-order valence-electron chi connectivity index (χ0n) is 10.2. The van der Waals surface area contributed by atoms with Crippen LogP contribution in [-0.4, -0.2) is 10.1 Å². The normalized spacial score (nSPS) is 11.0. The Morgan fingerprint density at radius 2 is 2.18 bits per heavy atom. The highest BCUT2D eigenvalue weighted by molar-refractivity contribution is 5.72. The first-order chi connectivity index (χ1) is 8.18. The van der Waals surface area contributed by atoms with Gasteiger partial charge in [0.05, 0.1) is 11.3 Å². The SMILES string of the molecule is CC(C)CCc1onc(N)c1-c1ccccn1. The molecule has 0 aliphatic heterocycles. The Morgan fingerprint density at radius 3 is 2.82 bits per heavy atom. The number of anilines is 1. The van der Waals surface area contributed by atoms with E-state index in [0.29, 0.717) is 11.7 Å². The van der Waals surface area contributed by atoms with Gasteiger partial charge in [-0.25, -0.2) is 0 Å². The summed E-state index contributed by atoms with van der Waals surface area (Å²) in [4.78, 5) is 4.29. The molecular formula is C13H17N3O. The van der Waals surface area contributed by atoms with Crippen LogP contribution in [0.25, 0.3) is 11.3 Å². The number of nitrogens with zero attached hydrogens (tertiary/aromatic N) is 2. The molecule has 17 heavy (non-hydrogen) atoms. The fourth-order valence-electron chi connectivity index (χ4n) is 1.71. The Kier molecular flexibility index (Phi) is 3.42. The molecule has 0 atom stereocenters. The van der Waals surface area contributed by atoms with E-state index in [1.165, 1.54) is 0 Å². The molecule has 4 nitrogen and oxygen atoms in total. The predicted octanol–water partition coefficient (Wildman–Crippen LogP) is 2.91. The molecule has 0 fully saturated rings. The van der Waals surface area contributed by atoms with Crippen LogP contribution in [-0.2, 0) is 6.42 Å². The van der Waals surface area contributed by atoms with E-state index in [1.54, 1.807) is 6.20 Å². The number of aromatic nitrogens is 2. The topological polar surface area (TPSA) is 64.9 Å². The molecule has 0 aliphatic rings. The maximum Gasteiger partial charge on any atom is 0.176 e. The summed E-state index contributed by atoms with van der Waals surface area (Å²) in [5.41, 5.74) is 7.50. The summed E-state index contributed by atoms with van der Waals surface area (Å²) < 4.78 is 5.29. The van der Waals surface area contributed by atoms with E-state index in [0.717, 1.165) is 29.9 Å². The summed E-state index contributed by atoms with van der Waals surface area (Å²) >= 11 is 0. The zero-order valence-corrected chi connectivity index (χ0v) is 10.2. The van der Waals surface area contributed by atoms with Crippen molar-refractivity contribution in [2.75, 3.05) is 5.73 Å². The second-order valence-corrected chi connectivity index (χ2v) is 4.51. The van der Waals surface area contributed by atoms with Gasteiger partial charge in [0.15, 0.2) is 5.82 Å². The Morgan fingerprint density at radius 1 is 1.35 bits per heavy atom. The smallest absolute Gasteiger partial charge is 0.176 e. The molecule has 0 aliphatic carbocycles. The third kappa shape index (κ3) is 2.64. The molecule has 0 bridgehead atoms. The molecule has 0 amide bonds. The van der Waals surface area contributed by atoms with Gasteiger partial charge in [-0.05, 0) is 24.5 Å². The lowest BCUT2D eigenvalue weighted by molar-refractivity contribution is 0.376. The third-order valence-electron chi connectivity index (χ3n) is 2.66. The number of rotatable bonds is 4. The molecule has 0 saturated heterocycles. The van der Waals surface area contributed by atoms with Gasteiger partial charge in [0.2, 0.25) is 0 Å². The minimum Gasteiger partial charge on any atom is -0.380 e. The fraction of sp³-hybridized carbons (Fsp3) is 0.385. The average molecular weight is 231 g/mol. The lowest BCUT2D eigenvalue weighted by Crippen LogP contribution is -1.95. The number of nitrogen functional groups attached to an aromatic ring is 1. The summed E-state index contributed by atoms with van der Waals surface area (Å²) in [5.74, 6) is 1.87. The second-order valence-electron chi connectivity index (χ2n) is 4.51. The van der Waals surface area contributed by atoms with E-state index >= 15 is 0 Å². The predicted molar refractivity (Wildman–Crippen MR) is 67.3 cm³/mol. The highest BCUT2D eigenvalue weighted by Crippen LogP contribution is 2.29. The van der Waals surface area contributed by atoms with Crippen molar-refractivity contribution in [3.63, 3.8) is 0 Å². The van der Waals surface area contributed by atoms with E-state index in [9.17, 15) is 0 Å². The lowest BCUT2D eigenvalue weighted by Gasteiger charge is -2.03. The van der Waals surface area contributed by atoms with Gasteiger partial charge in [0.25, 0.3) is 0 Å². The molecule has 4 heteroatoms. The molecule has 0 aromatic carbocycles. The maximum absolute atomic E-state index is 5.83. The van der Waals surface area contributed by atoms with Crippen LogP contribution in [0.15, 0.2) is 28.9 Å². The molecular weight excluding hydrogens is 214 g/mol. The minimum atomic E-state index is 0.419. The summed E-state index contributed by atoms with van der Waals surface area (Å²) in [6.07, 6.45) is 3.64. The highest BCUT2D eigenvalue weighted by Gasteiger charge is 2.16. The van der Waals surface area contributed by atoms with Gasteiger partial charge in [0, 0.05) is 12.6 Å². The quantitative estimate of drug-likeness (QED) is 0.878. The molecule has 0 spiro atoms. The lowest BCUT2D eigenvalue weighted by atomic mass is 10.0. The largest absolute Gasteiger partial charge is 0.380 e. The van der Waals surface area contributed by atoms with Crippen LogP contribution in [0, 0.1) is 5.92 Å². The first kappa shape index (κ1) is 11.6. The molecule has 0 unspecified atom stereocenters. The van der Waals surface area contributed by atoms with Gasteiger partial charge in [0.1, 0.15) is 5.76 Å². The Labute approximate surface area is 101 Å². The van der Waals surface area contributed by atoms with Crippen molar-refractivity contribution in [3.05, 3.63) is 30.2 Å². The summed E-state index contributed by atoms with van der Waals surface area (Å²) in [6, 6.07) is 5.73. The van der Waals surface area contributed by atoms with Gasteiger partial charge >= 0.3 is 0 Å². The molecule has 2 heterocycles. The van der Waals surface area contributed by atoms with E-state index in [-0.39, 0.29) is 0 Å². The first-order valence-electron chi connectivity index (χ1n) is 5.84. The second kappa shape index (κ2) is 4.99. The van der Waals surface area contributed by atoms with Gasteiger partial charge in [-0.2, -0.15) is 0 Å². The van der Waals surface area contributed by atoms with E-state index in [1.807, 2.05) is 18.2 Å². The molecule has 0 saturated carbocycles. The summed E-state index contributed by atoms with van der Waals surface area (Å²) in [6.45, 7) is 4.36. The van der Waals surface area contributed by atoms with Gasteiger partial charge < -0.3 is 10.3 Å². The van der Waals surface area contributed by atoms with E-state index in [2.05, 4.69) is 24.0 Å². The summed E-state index contributed by atoms with van der Waals surface area (Å²) in [5, 5.41) is 3.83. The van der Waals surface area contributed by atoms with Crippen molar-refractivity contribution < 1.29 is 4.52 Å². The van der Waals surface area contributed by atoms with Crippen molar-refractivity contribution in [1.29, 1.82) is 0 Å². The van der Waals surface area contributed by atoms with E-state index in [4.69, 9.17) is 10.3 Å². The van der Waals surface area contributed by atoms with Gasteiger partial charge in [-0.3, -0.25) is 4.98 Å². The summed E-state index contributed by atoms with van der Waals surface area (Å²) in [7, 11) is 0. The first-order valence-corrected chi connectivity index (χ1v) is 5.84. The monoisotopic (exact) mass is 231 g/mol. The molecule has 2 aromatic heterocycles. The number of aryl methyl sites for hydroxylation is 1. The average Bonchev–Trinajstić information content (AvgIpc) is 2.69. The van der Waals surface area contributed by atoms with Crippen LogP contribution in [0.1, 0.15) is 26.0 Å². The highest BCUT2D eigenvalue weighted by atomic mass is 16.5. The van der Waals surface area contributed by atoms with Crippen LogP contribution in [0.2, 0.25) is 0 Å². The Hall–Kier alpha value is -1.84. The fourth-order valence-corrected chi connectivity index (χ4v) is 1.71. The van der Waals surface area contributed by atoms with Crippen molar-refractivity contribution in [1.82, 2.24) is 10.1 Å². The molecule has 2 rings (SSSR count). The molecule has 2 aromatic rings. The number of hydrogen-bond acceptors (Lipinski definition) is 4. The maximum atomic E-state index is 5.83.